The SMILES string of the molecule is CC(=O)O[C@@H]1[C@@H](OC(C)=O)[C@H](C)O[C@H](N2C(=O)/C(=C3/C(=O)N([C@H]4O[C@@H](C)[C@H](OC(C)=O)[C@@H](OC(C)=O)[C@H]4OC(C)=O)c4ccc(C)cc43)c3cc(C)ccc32)[C@@H]1OC(C)=O. The van der Waals surface area contributed by atoms with E-state index in [4.69, 9.17) is 37.9 Å². The van der Waals surface area contributed by atoms with Crippen molar-refractivity contribution in [1.82, 2.24) is 0 Å². The highest BCUT2D eigenvalue weighted by Gasteiger charge is 2.58. The average Bonchev–Trinajstić information content (AvgIpc) is 3.56. The minimum Gasteiger partial charge on any atom is -0.456 e. The number of aryl methyl sites for hydroxylation is 2. The zero-order chi connectivity index (χ0) is 44.1. The van der Waals surface area contributed by atoms with Crippen LogP contribution in [0.3, 0.4) is 0 Å². The molecule has 0 spiro atoms. The van der Waals surface area contributed by atoms with Crippen LogP contribution in [0.5, 0.6) is 0 Å². The molecule has 18 nitrogen and oxygen atoms in total. The maximum absolute atomic E-state index is 15.3. The van der Waals surface area contributed by atoms with E-state index in [1.807, 2.05) is 0 Å². The van der Waals surface area contributed by atoms with Crippen LogP contribution in [0, 0.1) is 13.8 Å². The summed E-state index contributed by atoms with van der Waals surface area (Å²) in [5.41, 5.74) is 2.32. The van der Waals surface area contributed by atoms with Crippen LogP contribution in [-0.2, 0) is 76.3 Å². The van der Waals surface area contributed by atoms with Crippen molar-refractivity contribution in [2.24, 2.45) is 0 Å². The molecule has 0 saturated carbocycles. The summed E-state index contributed by atoms with van der Waals surface area (Å²) in [5.74, 6) is -6.23. The van der Waals surface area contributed by atoms with Gasteiger partial charge in [-0.1, -0.05) is 23.3 Å². The molecule has 2 amide bonds. The van der Waals surface area contributed by atoms with Gasteiger partial charge < -0.3 is 37.9 Å². The number of rotatable bonds is 8. The summed E-state index contributed by atoms with van der Waals surface area (Å²) >= 11 is 0. The average molecular weight is 835 g/mol. The highest BCUT2D eigenvalue weighted by atomic mass is 16.7. The van der Waals surface area contributed by atoms with Gasteiger partial charge in [-0.05, 0) is 52.0 Å². The Morgan fingerprint density at radius 3 is 1.05 bits per heavy atom. The van der Waals surface area contributed by atoms with Crippen LogP contribution in [0.15, 0.2) is 36.4 Å². The molecule has 2 fully saturated rings. The van der Waals surface area contributed by atoms with E-state index in [-0.39, 0.29) is 22.5 Å². The smallest absolute Gasteiger partial charge is 0.303 e. The highest BCUT2D eigenvalue weighted by molar-refractivity contribution is 6.50. The molecular formula is C42H46N2O16. The summed E-state index contributed by atoms with van der Waals surface area (Å²) in [5, 5.41) is 0. The first kappa shape index (κ1) is 43.4. The fourth-order valence-electron chi connectivity index (χ4n) is 8.19. The van der Waals surface area contributed by atoms with Gasteiger partial charge in [0.25, 0.3) is 11.8 Å². The number of esters is 6. The molecule has 4 aliphatic heterocycles. The summed E-state index contributed by atoms with van der Waals surface area (Å²) in [4.78, 5) is 108. The number of fused-ring (bicyclic) bond motifs is 2. The van der Waals surface area contributed by atoms with E-state index in [1.165, 1.54) is 23.6 Å². The first-order valence-electron chi connectivity index (χ1n) is 19.2. The maximum Gasteiger partial charge on any atom is 0.303 e. The number of carbonyl (C=O) groups excluding carboxylic acids is 8. The standard InChI is InChI=1S/C42H46N2O16/c1-17-11-13-29-27(15-17)31(39(51)43(29)41-37(59-25(9)49)35(57-23(7)47)33(19(3)53-41)55-21(5)45)32-28-16-18(2)12-14-30(28)44(40(32)52)42-38(60-26(10)50)36(58-24(8)48)34(20(4)54-42)56-22(6)46/h11-16,19-20,33-38,41-42H,1-10H3/b32-31+/t19-,20-,33-,34-,35+,36+,37+,38+,41-,42-/m0/s1. The van der Waals surface area contributed by atoms with E-state index in [0.717, 1.165) is 41.5 Å². The monoisotopic (exact) mass is 834 g/mol. The number of anilines is 2. The third-order valence-electron chi connectivity index (χ3n) is 10.3. The number of amides is 2. The minimum atomic E-state index is -1.54. The van der Waals surface area contributed by atoms with E-state index in [9.17, 15) is 28.8 Å². The Hall–Kier alpha value is -6.14. The number of nitrogens with zero attached hydrogens (tertiary/aromatic N) is 2. The molecule has 320 valence electrons. The number of hydrogen-bond acceptors (Lipinski definition) is 16. The van der Waals surface area contributed by atoms with E-state index in [2.05, 4.69) is 0 Å². The third-order valence-corrected chi connectivity index (χ3v) is 10.3. The minimum absolute atomic E-state index is 0.0840. The van der Waals surface area contributed by atoms with Crippen molar-refractivity contribution in [2.45, 2.75) is 131 Å². The Morgan fingerprint density at radius 1 is 0.467 bits per heavy atom. The van der Waals surface area contributed by atoms with Gasteiger partial charge in [-0.2, -0.15) is 0 Å². The second-order valence-electron chi connectivity index (χ2n) is 15.0. The van der Waals surface area contributed by atoms with Gasteiger partial charge >= 0.3 is 35.8 Å². The summed E-state index contributed by atoms with van der Waals surface area (Å²) in [6, 6.07) is 10.1. The number of ether oxygens (including phenoxy) is 8. The molecule has 2 aromatic rings. The molecule has 6 rings (SSSR count). The highest BCUT2D eigenvalue weighted by Crippen LogP contribution is 2.50. The molecule has 0 aromatic heterocycles. The predicted octanol–water partition coefficient (Wildman–Crippen LogP) is 2.99. The molecule has 4 heterocycles. The van der Waals surface area contributed by atoms with Crippen molar-refractivity contribution in [3.8, 4) is 0 Å². The quantitative estimate of drug-likeness (QED) is 0.212. The van der Waals surface area contributed by atoms with E-state index in [0.29, 0.717) is 22.3 Å². The molecule has 10 atom stereocenters. The molecule has 60 heavy (non-hydrogen) atoms. The van der Waals surface area contributed by atoms with Crippen molar-refractivity contribution in [2.75, 3.05) is 9.80 Å². The van der Waals surface area contributed by atoms with Crippen LogP contribution in [-0.4, -0.2) is 109 Å². The molecule has 0 unspecified atom stereocenters. The fourth-order valence-corrected chi connectivity index (χ4v) is 8.19. The second kappa shape index (κ2) is 16.8. The summed E-state index contributed by atoms with van der Waals surface area (Å²) in [6.45, 7) is 13.4. The van der Waals surface area contributed by atoms with Crippen molar-refractivity contribution < 1.29 is 76.3 Å². The van der Waals surface area contributed by atoms with Crippen molar-refractivity contribution >= 4 is 70.2 Å². The molecule has 0 aliphatic carbocycles. The molecule has 0 N–H and O–H groups in total. The lowest BCUT2D eigenvalue weighted by Gasteiger charge is -2.46. The Bertz CT molecular complexity index is 2050. The van der Waals surface area contributed by atoms with Gasteiger partial charge in [-0.3, -0.25) is 48.2 Å². The van der Waals surface area contributed by atoms with Crippen molar-refractivity contribution in [1.29, 1.82) is 0 Å². The molecule has 18 heteroatoms. The van der Waals surface area contributed by atoms with E-state index < -0.39 is 109 Å². The number of carbonyl (C=O) groups is 8. The lowest BCUT2D eigenvalue weighted by atomic mass is 9.94. The summed E-state index contributed by atoms with van der Waals surface area (Å²) in [6.07, 6.45) is -13.5. The van der Waals surface area contributed by atoms with E-state index >= 15 is 9.59 Å². The fraction of sp³-hybridized carbons (Fsp3) is 0.476. The van der Waals surface area contributed by atoms with Gasteiger partial charge in [-0.25, -0.2) is 0 Å². The second-order valence-corrected chi connectivity index (χ2v) is 15.0. The van der Waals surface area contributed by atoms with Gasteiger partial charge in [0.1, 0.15) is 0 Å². The Balaban J connectivity index is 1.54. The third kappa shape index (κ3) is 8.21. The normalized spacial score (nSPS) is 29.6. The Kier molecular flexibility index (Phi) is 12.2. The first-order chi connectivity index (χ1) is 28.2. The van der Waals surface area contributed by atoms with Crippen LogP contribution in [0.25, 0.3) is 11.1 Å². The van der Waals surface area contributed by atoms with Crippen LogP contribution in [0.4, 0.5) is 11.4 Å². The lowest BCUT2D eigenvalue weighted by molar-refractivity contribution is -0.242. The Labute approximate surface area is 344 Å². The molecule has 2 saturated heterocycles. The van der Waals surface area contributed by atoms with Crippen LogP contribution in [0.1, 0.15) is 77.6 Å². The van der Waals surface area contributed by atoms with Gasteiger partial charge in [0, 0.05) is 52.7 Å². The van der Waals surface area contributed by atoms with Gasteiger partial charge in [0.15, 0.2) is 49.1 Å². The molecule has 0 bridgehead atoms. The van der Waals surface area contributed by atoms with Crippen molar-refractivity contribution in [3.63, 3.8) is 0 Å². The van der Waals surface area contributed by atoms with Gasteiger partial charge in [0.2, 0.25) is 0 Å². The number of hydrogen-bond donors (Lipinski definition) is 0. The molecule has 4 aliphatic rings. The largest absolute Gasteiger partial charge is 0.456 e. The van der Waals surface area contributed by atoms with Crippen molar-refractivity contribution in [3.05, 3.63) is 58.7 Å². The van der Waals surface area contributed by atoms with Gasteiger partial charge in [0.05, 0.1) is 34.7 Å². The van der Waals surface area contributed by atoms with Gasteiger partial charge in [-0.15, -0.1) is 0 Å². The molecule has 2 aromatic carbocycles. The molecular weight excluding hydrogens is 788 g/mol. The Morgan fingerprint density at radius 2 is 0.750 bits per heavy atom. The van der Waals surface area contributed by atoms with E-state index in [1.54, 1.807) is 50.2 Å². The van der Waals surface area contributed by atoms with Crippen LogP contribution >= 0.6 is 0 Å². The van der Waals surface area contributed by atoms with Crippen LogP contribution < -0.4 is 9.80 Å². The molecule has 0 radical (unpaired) electrons. The number of benzene rings is 2. The lowest BCUT2D eigenvalue weighted by Crippen LogP contribution is -2.65. The van der Waals surface area contributed by atoms with Crippen LogP contribution in [0.2, 0.25) is 0 Å². The predicted molar refractivity (Wildman–Crippen MR) is 206 cm³/mol. The zero-order valence-electron chi connectivity index (χ0n) is 34.7. The summed E-state index contributed by atoms with van der Waals surface area (Å²) < 4.78 is 46.3. The zero-order valence-corrected chi connectivity index (χ0v) is 34.7. The summed E-state index contributed by atoms with van der Waals surface area (Å²) in [7, 11) is 0. The topological polar surface area (TPSA) is 217 Å². The maximum atomic E-state index is 15.3. The first-order valence-corrected chi connectivity index (χ1v) is 19.2.